The Morgan fingerprint density at radius 2 is 1.52 bits per heavy atom. The molecule has 4 heteroatoms. The minimum absolute atomic E-state index is 0.0864. The van der Waals surface area contributed by atoms with Crippen LogP contribution in [-0.4, -0.2) is 20.8 Å². The highest BCUT2D eigenvalue weighted by Crippen LogP contribution is 2.29. The molecule has 0 amide bonds. The Morgan fingerprint density at radius 3 is 2.38 bits per heavy atom. The SMILES string of the molecule is O=C(C[C@H](c1ccc2ccccc2c1)n1nnc2ccccc21)c1ccccc1. The first-order chi connectivity index (χ1) is 14.3. The van der Waals surface area contributed by atoms with Crippen LogP contribution in [0.25, 0.3) is 21.8 Å². The molecule has 0 spiro atoms. The Labute approximate surface area is 168 Å². The van der Waals surface area contributed by atoms with Crippen molar-refractivity contribution < 1.29 is 4.79 Å². The molecule has 0 fully saturated rings. The standard InChI is InChI=1S/C25H19N3O/c29-25(19-9-2-1-3-10-19)17-24(28-23-13-7-6-12-22(23)26-27-28)21-15-14-18-8-4-5-11-20(18)16-21/h1-16,24H,17H2/t24-/m1/s1. The predicted molar refractivity (Wildman–Crippen MR) is 115 cm³/mol. The van der Waals surface area contributed by atoms with E-state index in [1.54, 1.807) is 0 Å². The van der Waals surface area contributed by atoms with Gasteiger partial charge in [-0.05, 0) is 34.5 Å². The van der Waals surface area contributed by atoms with Crippen molar-refractivity contribution in [3.63, 3.8) is 0 Å². The smallest absolute Gasteiger partial charge is 0.165 e. The molecule has 0 saturated carbocycles. The Bertz CT molecular complexity index is 1310. The number of benzene rings is 4. The van der Waals surface area contributed by atoms with Gasteiger partial charge in [0.05, 0.1) is 11.6 Å². The van der Waals surface area contributed by atoms with E-state index in [0.717, 1.165) is 22.0 Å². The number of fused-ring (bicyclic) bond motifs is 2. The van der Waals surface area contributed by atoms with E-state index in [-0.39, 0.29) is 11.8 Å². The third-order valence-electron chi connectivity index (χ3n) is 5.31. The summed E-state index contributed by atoms with van der Waals surface area (Å²) in [4.78, 5) is 13.1. The fourth-order valence-electron chi connectivity index (χ4n) is 3.80. The van der Waals surface area contributed by atoms with Crippen LogP contribution < -0.4 is 0 Å². The lowest BCUT2D eigenvalue weighted by molar-refractivity contribution is 0.0968. The first-order valence-corrected chi connectivity index (χ1v) is 9.66. The van der Waals surface area contributed by atoms with E-state index in [1.807, 2.05) is 71.4 Å². The Hall–Kier alpha value is -3.79. The van der Waals surface area contributed by atoms with Crippen molar-refractivity contribution >= 4 is 27.6 Å². The number of ketones is 1. The average Bonchev–Trinajstić information content (AvgIpc) is 3.21. The molecular weight excluding hydrogens is 358 g/mol. The van der Waals surface area contributed by atoms with Crippen LogP contribution in [0.5, 0.6) is 0 Å². The van der Waals surface area contributed by atoms with Crippen molar-refractivity contribution in [3.8, 4) is 0 Å². The zero-order chi connectivity index (χ0) is 19.6. The van der Waals surface area contributed by atoms with Gasteiger partial charge in [0.2, 0.25) is 0 Å². The van der Waals surface area contributed by atoms with Crippen LogP contribution in [0, 0.1) is 0 Å². The molecule has 1 aromatic heterocycles. The van der Waals surface area contributed by atoms with Gasteiger partial charge >= 0.3 is 0 Å². The molecule has 5 rings (SSSR count). The zero-order valence-corrected chi connectivity index (χ0v) is 15.8. The summed E-state index contributed by atoms with van der Waals surface area (Å²) in [6.07, 6.45) is 0.315. The average molecular weight is 377 g/mol. The van der Waals surface area contributed by atoms with E-state index in [9.17, 15) is 4.79 Å². The molecule has 4 nitrogen and oxygen atoms in total. The van der Waals surface area contributed by atoms with E-state index in [2.05, 4.69) is 40.6 Å². The van der Waals surface area contributed by atoms with Crippen LogP contribution >= 0.6 is 0 Å². The predicted octanol–water partition coefficient (Wildman–Crippen LogP) is 5.45. The van der Waals surface area contributed by atoms with Crippen molar-refractivity contribution in [2.24, 2.45) is 0 Å². The van der Waals surface area contributed by atoms with E-state index < -0.39 is 0 Å². The molecule has 0 aliphatic carbocycles. The van der Waals surface area contributed by atoms with Crippen LogP contribution in [0.2, 0.25) is 0 Å². The molecule has 0 bridgehead atoms. The number of hydrogen-bond acceptors (Lipinski definition) is 3. The summed E-state index contributed by atoms with van der Waals surface area (Å²) in [5, 5.41) is 11.0. The van der Waals surface area contributed by atoms with Crippen LogP contribution in [-0.2, 0) is 0 Å². The Balaban J connectivity index is 1.63. The summed E-state index contributed by atoms with van der Waals surface area (Å²) in [6.45, 7) is 0. The summed E-state index contributed by atoms with van der Waals surface area (Å²) in [5.41, 5.74) is 3.50. The number of nitrogens with zero attached hydrogens (tertiary/aromatic N) is 3. The third-order valence-corrected chi connectivity index (χ3v) is 5.31. The van der Waals surface area contributed by atoms with Crippen LogP contribution in [0.4, 0.5) is 0 Å². The van der Waals surface area contributed by atoms with Gasteiger partial charge in [-0.25, -0.2) is 4.68 Å². The maximum Gasteiger partial charge on any atom is 0.165 e. The lowest BCUT2D eigenvalue weighted by atomic mass is 9.95. The number of carbonyl (C=O) groups is 1. The largest absolute Gasteiger partial charge is 0.294 e. The molecule has 0 aliphatic heterocycles. The van der Waals surface area contributed by atoms with Crippen molar-refractivity contribution in [2.75, 3.05) is 0 Å². The minimum atomic E-state index is -0.236. The van der Waals surface area contributed by atoms with E-state index >= 15 is 0 Å². The number of rotatable bonds is 5. The number of para-hydroxylation sites is 1. The maximum atomic E-state index is 13.1. The first-order valence-electron chi connectivity index (χ1n) is 9.66. The van der Waals surface area contributed by atoms with Crippen molar-refractivity contribution in [3.05, 3.63) is 108 Å². The van der Waals surface area contributed by atoms with Gasteiger partial charge < -0.3 is 0 Å². The topological polar surface area (TPSA) is 47.8 Å². The van der Waals surface area contributed by atoms with E-state index in [1.165, 1.54) is 5.39 Å². The van der Waals surface area contributed by atoms with Gasteiger partial charge in [-0.2, -0.15) is 0 Å². The summed E-state index contributed by atoms with van der Waals surface area (Å²) < 4.78 is 1.88. The van der Waals surface area contributed by atoms with Gasteiger partial charge in [0.15, 0.2) is 5.78 Å². The molecule has 1 atom stereocenters. The molecule has 0 radical (unpaired) electrons. The van der Waals surface area contributed by atoms with E-state index in [0.29, 0.717) is 12.0 Å². The fraction of sp³-hybridized carbons (Fsp3) is 0.0800. The molecule has 140 valence electrons. The van der Waals surface area contributed by atoms with Gasteiger partial charge in [-0.3, -0.25) is 4.79 Å². The molecule has 29 heavy (non-hydrogen) atoms. The minimum Gasteiger partial charge on any atom is -0.294 e. The Kier molecular flexibility index (Phi) is 4.37. The van der Waals surface area contributed by atoms with Crippen LogP contribution in [0.15, 0.2) is 97.1 Å². The van der Waals surface area contributed by atoms with Crippen molar-refractivity contribution in [1.82, 2.24) is 15.0 Å². The lowest BCUT2D eigenvalue weighted by Gasteiger charge is -2.18. The summed E-state index contributed by atoms with van der Waals surface area (Å²) in [5.74, 6) is 0.0864. The second-order valence-electron chi connectivity index (χ2n) is 7.14. The molecule has 1 heterocycles. The van der Waals surface area contributed by atoms with Crippen molar-refractivity contribution in [1.29, 1.82) is 0 Å². The zero-order valence-electron chi connectivity index (χ0n) is 15.8. The van der Waals surface area contributed by atoms with Crippen LogP contribution in [0.3, 0.4) is 0 Å². The third kappa shape index (κ3) is 3.29. The summed E-state index contributed by atoms with van der Waals surface area (Å²) in [7, 11) is 0. The molecule has 5 aromatic rings. The first kappa shape index (κ1) is 17.3. The molecule has 0 unspecified atom stereocenters. The monoisotopic (exact) mass is 377 g/mol. The number of Topliss-reactive ketones (excluding diaryl/α,β-unsaturated/α-hetero) is 1. The lowest BCUT2D eigenvalue weighted by Crippen LogP contribution is -2.17. The highest BCUT2D eigenvalue weighted by molar-refractivity contribution is 5.96. The molecule has 4 aromatic carbocycles. The molecule has 0 saturated heterocycles. The van der Waals surface area contributed by atoms with Crippen molar-refractivity contribution in [2.45, 2.75) is 12.5 Å². The van der Waals surface area contributed by atoms with Gasteiger partial charge in [-0.1, -0.05) is 84.1 Å². The molecule has 0 aliphatic rings. The molecular formula is C25H19N3O. The van der Waals surface area contributed by atoms with Gasteiger partial charge in [0.1, 0.15) is 5.52 Å². The highest BCUT2D eigenvalue weighted by atomic mass is 16.1. The highest BCUT2D eigenvalue weighted by Gasteiger charge is 2.22. The Morgan fingerprint density at radius 1 is 0.793 bits per heavy atom. The van der Waals surface area contributed by atoms with Crippen LogP contribution in [0.1, 0.15) is 28.4 Å². The number of aromatic nitrogens is 3. The normalized spacial score (nSPS) is 12.3. The fourth-order valence-corrected chi connectivity index (χ4v) is 3.80. The second-order valence-corrected chi connectivity index (χ2v) is 7.14. The quantitative estimate of drug-likeness (QED) is 0.383. The van der Waals surface area contributed by atoms with E-state index in [4.69, 9.17) is 0 Å². The second kappa shape index (κ2) is 7.32. The summed E-state index contributed by atoms with van der Waals surface area (Å²) in [6, 6.07) is 31.6. The van der Waals surface area contributed by atoms with Gasteiger partial charge in [0.25, 0.3) is 0 Å². The van der Waals surface area contributed by atoms with Gasteiger partial charge in [-0.15, -0.1) is 5.10 Å². The number of hydrogen-bond donors (Lipinski definition) is 0. The summed E-state index contributed by atoms with van der Waals surface area (Å²) >= 11 is 0. The number of carbonyl (C=O) groups excluding carboxylic acids is 1. The van der Waals surface area contributed by atoms with Gasteiger partial charge in [0, 0.05) is 12.0 Å². The molecule has 0 N–H and O–H groups in total. The maximum absolute atomic E-state index is 13.1.